The van der Waals surface area contributed by atoms with E-state index in [1.807, 2.05) is 61.5 Å². The Morgan fingerprint density at radius 3 is 2.68 bits per heavy atom. The van der Waals surface area contributed by atoms with E-state index in [1.54, 1.807) is 0 Å². The lowest BCUT2D eigenvalue weighted by Gasteiger charge is -2.09. The third kappa shape index (κ3) is 3.08. The summed E-state index contributed by atoms with van der Waals surface area (Å²) in [7, 11) is 0. The standard InChI is InChI=1S/C19H14ClN3OS/c1-12-21-17-18(25-12)16(14-7-3-2-4-8-14)22-23(19(17)24)11-13-6-5-9-15(20)10-13/h2-10H,11H2,1H3. The summed E-state index contributed by atoms with van der Waals surface area (Å²) in [4.78, 5) is 17.3. The van der Waals surface area contributed by atoms with Gasteiger partial charge in [-0.1, -0.05) is 54.1 Å². The van der Waals surface area contributed by atoms with E-state index in [9.17, 15) is 4.79 Å². The molecule has 0 saturated heterocycles. The average molecular weight is 368 g/mol. The monoisotopic (exact) mass is 367 g/mol. The average Bonchev–Trinajstić information content (AvgIpc) is 3.00. The van der Waals surface area contributed by atoms with Gasteiger partial charge in [-0.25, -0.2) is 9.67 Å². The van der Waals surface area contributed by atoms with Gasteiger partial charge in [-0.2, -0.15) is 5.10 Å². The van der Waals surface area contributed by atoms with Crippen molar-refractivity contribution in [3.05, 3.63) is 80.5 Å². The third-order valence-electron chi connectivity index (χ3n) is 3.88. The maximum atomic E-state index is 12.8. The molecule has 0 aliphatic rings. The number of nitrogens with zero attached hydrogens (tertiary/aromatic N) is 3. The molecule has 0 amide bonds. The van der Waals surface area contributed by atoms with Gasteiger partial charge in [-0.15, -0.1) is 11.3 Å². The fourth-order valence-electron chi connectivity index (χ4n) is 2.77. The highest BCUT2D eigenvalue weighted by Gasteiger charge is 2.16. The predicted molar refractivity (Wildman–Crippen MR) is 102 cm³/mol. The Balaban J connectivity index is 1.93. The fraction of sp³-hybridized carbons (Fsp3) is 0.105. The van der Waals surface area contributed by atoms with E-state index >= 15 is 0 Å². The van der Waals surface area contributed by atoms with Gasteiger partial charge in [-0.05, 0) is 24.6 Å². The van der Waals surface area contributed by atoms with Crippen molar-refractivity contribution in [3.63, 3.8) is 0 Å². The lowest BCUT2D eigenvalue weighted by Crippen LogP contribution is -2.24. The van der Waals surface area contributed by atoms with Gasteiger partial charge in [0, 0.05) is 10.6 Å². The quantitative estimate of drug-likeness (QED) is 0.534. The van der Waals surface area contributed by atoms with Crippen LogP contribution in [0.25, 0.3) is 21.5 Å². The molecular formula is C19H14ClN3OS. The summed E-state index contributed by atoms with van der Waals surface area (Å²) < 4.78 is 2.30. The SMILES string of the molecule is Cc1nc2c(=O)n(Cc3cccc(Cl)c3)nc(-c3ccccc3)c2s1. The summed E-state index contributed by atoms with van der Waals surface area (Å²) >= 11 is 7.56. The maximum absolute atomic E-state index is 12.8. The van der Waals surface area contributed by atoms with E-state index in [1.165, 1.54) is 16.0 Å². The van der Waals surface area contributed by atoms with Crippen molar-refractivity contribution in [2.24, 2.45) is 0 Å². The van der Waals surface area contributed by atoms with Gasteiger partial charge in [0.1, 0.15) is 5.69 Å². The number of rotatable bonds is 3. The van der Waals surface area contributed by atoms with Gasteiger partial charge in [0.2, 0.25) is 0 Å². The van der Waals surface area contributed by atoms with Crippen molar-refractivity contribution in [2.75, 3.05) is 0 Å². The lowest BCUT2D eigenvalue weighted by molar-refractivity contribution is 0.650. The highest BCUT2D eigenvalue weighted by Crippen LogP contribution is 2.29. The number of fused-ring (bicyclic) bond motifs is 1. The molecule has 0 bridgehead atoms. The van der Waals surface area contributed by atoms with E-state index < -0.39 is 0 Å². The van der Waals surface area contributed by atoms with E-state index in [-0.39, 0.29) is 5.56 Å². The number of hydrogen-bond donors (Lipinski definition) is 0. The molecular weight excluding hydrogens is 354 g/mol. The highest BCUT2D eigenvalue weighted by molar-refractivity contribution is 7.19. The largest absolute Gasteiger partial charge is 0.294 e. The molecule has 0 fully saturated rings. The first-order valence-electron chi connectivity index (χ1n) is 7.80. The zero-order valence-electron chi connectivity index (χ0n) is 13.4. The lowest BCUT2D eigenvalue weighted by atomic mass is 10.1. The smallest absolute Gasteiger partial charge is 0.265 e. The Morgan fingerprint density at radius 1 is 1.12 bits per heavy atom. The number of benzene rings is 2. The number of hydrogen-bond acceptors (Lipinski definition) is 4. The van der Waals surface area contributed by atoms with Crippen LogP contribution in [0.15, 0.2) is 59.4 Å². The van der Waals surface area contributed by atoms with E-state index in [4.69, 9.17) is 11.6 Å². The van der Waals surface area contributed by atoms with Crippen LogP contribution in [0.4, 0.5) is 0 Å². The molecule has 0 saturated carbocycles. The molecule has 0 unspecified atom stereocenters. The van der Waals surface area contributed by atoms with Crippen molar-refractivity contribution in [1.29, 1.82) is 0 Å². The van der Waals surface area contributed by atoms with Crippen molar-refractivity contribution in [2.45, 2.75) is 13.5 Å². The summed E-state index contributed by atoms with van der Waals surface area (Å²) in [6.07, 6.45) is 0. The first kappa shape index (κ1) is 16.0. The molecule has 4 rings (SSSR count). The Bertz CT molecular complexity index is 1120. The molecule has 2 aromatic carbocycles. The van der Waals surface area contributed by atoms with Crippen LogP contribution >= 0.6 is 22.9 Å². The molecule has 4 nitrogen and oxygen atoms in total. The molecule has 2 heterocycles. The minimum absolute atomic E-state index is 0.181. The molecule has 124 valence electrons. The zero-order chi connectivity index (χ0) is 17.4. The second-order valence-electron chi connectivity index (χ2n) is 5.72. The minimum Gasteiger partial charge on any atom is -0.265 e. The second-order valence-corrected chi connectivity index (χ2v) is 7.36. The van der Waals surface area contributed by atoms with Crippen LogP contribution < -0.4 is 5.56 Å². The van der Waals surface area contributed by atoms with Gasteiger partial charge in [0.15, 0.2) is 5.52 Å². The number of aromatic nitrogens is 3. The van der Waals surface area contributed by atoms with E-state index in [0.717, 1.165) is 26.5 Å². The van der Waals surface area contributed by atoms with Gasteiger partial charge < -0.3 is 0 Å². The third-order valence-corrected chi connectivity index (χ3v) is 5.09. The topological polar surface area (TPSA) is 47.8 Å². The van der Waals surface area contributed by atoms with Crippen LogP contribution in [-0.2, 0) is 6.54 Å². The molecule has 0 aliphatic carbocycles. The summed E-state index contributed by atoms with van der Waals surface area (Å²) in [6.45, 7) is 2.26. The zero-order valence-corrected chi connectivity index (χ0v) is 15.0. The van der Waals surface area contributed by atoms with E-state index in [2.05, 4.69) is 10.1 Å². The molecule has 0 N–H and O–H groups in total. The van der Waals surface area contributed by atoms with Crippen LogP contribution in [0.5, 0.6) is 0 Å². The number of aryl methyl sites for hydroxylation is 1. The molecule has 25 heavy (non-hydrogen) atoms. The fourth-order valence-corrected chi connectivity index (χ4v) is 3.90. The number of thiazole rings is 1. The predicted octanol–water partition coefficient (Wildman–Crippen LogP) is 4.53. The maximum Gasteiger partial charge on any atom is 0.294 e. The van der Waals surface area contributed by atoms with Crippen molar-refractivity contribution >= 4 is 33.2 Å². The van der Waals surface area contributed by atoms with Gasteiger partial charge in [-0.3, -0.25) is 4.79 Å². The van der Waals surface area contributed by atoms with Crippen LogP contribution in [0.1, 0.15) is 10.6 Å². The summed E-state index contributed by atoms with van der Waals surface area (Å²) in [6, 6.07) is 17.3. The molecule has 0 radical (unpaired) electrons. The van der Waals surface area contributed by atoms with Crippen molar-refractivity contribution in [1.82, 2.24) is 14.8 Å². The molecule has 0 atom stereocenters. The first-order chi connectivity index (χ1) is 12.1. The normalized spacial score (nSPS) is 11.1. The van der Waals surface area contributed by atoms with Gasteiger partial charge >= 0.3 is 0 Å². The van der Waals surface area contributed by atoms with Crippen LogP contribution in [0.2, 0.25) is 5.02 Å². The second kappa shape index (κ2) is 6.43. The molecule has 2 aromatic heterocycles. The Kier molecular flexibility index (Phi) is 4.11. The molecule has 0 aliphatic heterocycles. The van der Waals surface area contributed by atoms with Gasteiger partial charge in [0.05, 0.1) is 16.3 Å². The first-order valence-corrected chi connectivity index (χ1v) is 8.99. The molecule has 0 spiro atoms. The Morgan fingerprint density at radius 2 is 1.92 bits per heavy atom. The van der Waals surface area contributed by atoms with Crippen LogP contribution in [0, 0.1) is 6.92 Å². The molecule has 4 aromatic rings. The minimum atomic E-state index is -0.181. The highest BCUT2D eigenvalue weighted by atomic mass is 35.5. The molecule has 6 heteroatoms. The number of halogens is 1. The van der Waals surface area contributed by atoms with Crippen LogP contribution in [0.3, 0.4) is 0 Å². The van der Waals surface area contributed by atoms with Gasteiger partial charge in [0.25, 0.3) is 5.56 Å². The van der Waals surface area contributed by atoms with Crippen molar-refractivity contribution in [3.8, 4) is 11.3 Å². The van der Waals surface area contributed by atoms with E-state index in [0.29, 0.717) is 17.1 Å². The summed E-state index contributed by atoms with van der Waals surface area (Å²) in [5.74, 6) is 0. The Hall–Kier alpha value is -2.50. The Labute approximate surface area is 153 Å². The van der Waals surface area contributed by atoms with Crippen LogP contribution in [-0.4, -0.2) is 14.8 Å². The van der Waals surface area contributed by atoms with Crippen molar-refractivity contribution < 1.29 is 0 Å². The summed E-state index contributed by atoms with van der Waals surface area (Å²) in [5, 5.41) is 6.13. The summed E-state index contributed by atoms with van der Waals surface area (Å²) in [5.41, 5.74) is 2.96.